The Morgan fingerprint density at radius 2 is 1.91 bits per heavy atom. The van der Waals surface area contributed by atoms with Crippen LogP contribution < -0.4 is 10.7 Å². The number of pyridine rings is 1. The summed E-state index contributed by atoms with van der Waals surface area (Å²) in [6.07, 6.45) is 3.60. The first-order valence-electron chi connectivity index (χ1n) is 8.03. The highest BCUT2D eigenvalue weighted by Crippen LogP contribution is 2.35. The molecule has 2 heterocycles. The van der Waals surface area contributed by atoms with Gasteiger partial charge in [-0.15, -0.1) is 0 Å². The molecule has 1 saturated heterocycles. The highest BCUT2D eigenvalue weighted by Gasteiger charge is 2.40. The van der Waals surface area contributed by atoms with E-state index in [-0.39, 0.29) is 22.8 Å². The summed E-state index contributed by atoms with van der Waals surface area (Å²) in [5.41, 5.74) is 0.366. The van der Waals surface area contributed by atoms with Gasteiger partial charge < -0.3 is 14.8 Å². The normalized spacial score (nSPS) is 17.0. The first-order valence-corrected chi connectivity index (χ1v) is 8.03. The van der Waals surface area contributed by atoms with Gasteiger partial charge in [0.25, 0.3) is 5.91 Å². The number of aryl methyl sites for hydroxylation is 2. The maximum atomic E-state index is 12.6. The van der Waals surface area contributed by atoms with Crippen LogP contribution >= 0.6 is 0 Å². The van der Waals surface area contributed by atoms with Crippen LogP contribution in [0.2, 0.25) is 0 Å². The van der Waals surface area contributed by atoms with Gasteiger partial charge >= 0.3 is 0 Å². The van der Waals surface area contributed by atoms with E-state index in [0.29, 0.717) is 25.9 Å². The highest BCUT2D eigenvalue weighted by molar-refractivity contribution is 5.94. The zero-order valence-corrected chi connectivity index (χ0v) is 14.3. The average Bonchev–Trinajstić information content (AvgIpc) is 2.56. The van der Waals surface area contributed by atoms with Crippen molar-refractivity contribution < 1.29 is 9.59 Å². The van der Waals surface area contributed by atoms with Crippen LogP contribution in [0.5, 0.6) is 0 Å². The monoisotopic (exact) mass is 319 g/mol. The Bertz CT molecular complexity index is 670. The lowest BCUT2D eigenvalue weighted by Crippen LogP contribution is -2.49. The van der Waals surface area contributed by atoms with Crippen LogP contribution in [0.25, 0.3) is 0 Å². The number of piperidine rings is 1. The summed E-state index contributed by atoms with van der Waals surface area (Å²) in [6.45, 7) is 4.83. The van der Waals surface area contributed by atoms with E-state index in [9.17, 15) is 14.4 Å². The Balaban J connectivity index is 2.17. The number of hydrogen-bond acceptors (Lipinski definition) is 3. The van der Waals surface area contributed by atoms with E-state index >= 15 is 0 Å². The van der Waals surface area contributed by atoms with Gasteiger partial charge in [0.15, 0.2) is 5.43 Å². The van der Waals surface area contributed by atoms with Gasteiger partial charge in [0.1, 0.15) is 5.56 Å². The fourth-order valence-electron chi connectivity index (χ4n) is 3.20. The largest absolute Gasteiger partial charge is 0.359 e. The number of nitrogens with zero attached hydrogens (tertiary/aromatic N) is 2. The minimum absolute atomic E-state index is 0.0401. The number of carbonyl (C=O) groups excluding carboxylic acids is 2. The van der Waals surface area contributed by atoms with Gasteiger partial charge in [0.05, 0.1) is 5.41 Å². The topological polar surface area (TPSA) is 71.4 Å². The van der Waals surface area contributed by atoms with Crippen LogP contribution in [-0.4, -0.2) is 41.4 Å². The van der Waals surface area contributed by atoms with Gasteiger partial charge in [-0.25, -0.2) is 0 Å². The SMILES string of the molecule is CCC1(C(=O)NC)CCN(C(=O)c2cn(C)c(C)cc2=O)CC1. The second-order valence-corrected chi connectivity index (χ2v) is 6.31. The third-order valence-corrected chi connectivity index (χ3v) is 5.11. The summed E-state index contributed by atoms with van der Waals surface area (Å²) in [6, 6.07) is 1.48. The molecule has 0 bridgehead atoms. The van der Waals surface area contributed by atoms with Gasteiger partial charge in [-0.1, -0.05) is 6.92 Å². The smallest absolute Gasteiger partial charge is 0.259 e. The number of nitrogens with one attached hydrogen (secondary N) is 1. The highest BCUT2D eigenvalue weighted by atomic mass is 16.2. The summed E-state index contributed by atoms with van der Waals surface area (Å²) in [5, 5.41) is 2.73. The van der Waals surface area contributed by atoms with Crippen LogP contribution in [0.3, 0.4) is 0 Å². The van der Waals surface area contributed by atoms with Crippen LogP contribution in [-0.2, 0) is 11.8 Å². The predicted molar refractivity (Wildman–Crippen MR) is 88.3 cm³/mol. The molecule has 1 aliphatic rings. The minimum Gasteiger partial charge on any atom is -0.359 e. The molecule has 2 amide bonds. The molecule has 0 aromatic carbocycles. The van der Waals surface area contributed by atoms with Crippen molar-refractivity contribution in [2.24, 2.45) is 12.5 Å². The fraction of sp³-hybridized carbons (Fsp3) is 0.588. The lowest BCUT2D eigenvalue weighted by Gasteiger charge is -2.39. The molecular weight excluding hydrogens is 294 g/mol. The molecule has 1 aromatic rings. The molecule has 0 atom stereocenters. The summed E-state index contributed by atoms with van der Waals surface area (Å²) in [7, 11) is 3.46. The van der Waals surface area contributed by atoms with Gasteiger partial charge in [-0.3, -0.25) is 14.4 Å². The Labute approximate surface area is 136 Å². The summed E-state index contributed by atoms with van der Waals surface area (Å²) >= 11 is 0. The van der Waals surface area contributed by atoms with Crippen LogP contribution in [0.15, 0.2) is 17.1 Å². The van der Waals surface area contributed by atoms with E-state index in [2.05, 4.69) is 5.32 Å². The van der Waals surface area contributed by atoms with E-state index in [4.69, 9.17) is 0 Å². The maximum Gasteiger partial charge on any atom is 0.259 e. The molecule has 1 fully saturated rings. The predicted octanol–water partition coefficient (Wildman–Crippen LogP) is 1.07. The van der Waals surface area contributed by atoms with Crippen molar-refractivity contribution in [1.29, 1.82) is 0 Å². The van der Waals surface area contributed by atoms with Crippen LogP contribution in [0.4, 0.5) is 0 Å². The van der Waals surface area contributed by atoms with Crippen LogP contribution in [0.1, 0.15) is 42.2 Å². The van der Waals surface area contributed by atoms with E-state index < -0.39 is 5.41 Å². The van der Waals surface area contributed by atoms with E-state index in [0.717, 1.165) is 12.1 Å². The van der Waals surface area contributed by atoms with Crippen molar-refractivity contribution >= 4 is 11.8 Å². The third kappa shape index (κ3) is 3.16. The number of rotatable bonds is 3. The number of likely N-dealkylation sites (tertiary alicyclic amines) is 1. The molecule has 1 aromatic heterocycles. The van der Waals surface area contributed by atoms with Gasteiger partial charge in [-0.05, 0) is 26.2 Å². The molecule has 0 unspecified atom stereocenters. The van der Waals surface area contributed by atoms with Crippen LogP contribution in [0, 0.1) is 12.3 Å². The second kappa shape index (κ2) is 6.56. The maximum absolute atomic E-state index is 12.6. The Morgan fingerprint density at radius 1 is 1.30 bits per heavy atom. The van der Waals surface area contributed by atoms with E-state index in [1.165, 1.54) is 6.07 Å². The molecule has 1 aliphatic heterocycles. The van der Waals surface area contributed by atoms with Gasteiger partial charge in [-0.2, -0.15) is 0 Å². The average molecular weight is 319 g/mol. The first-order chi connectivity index (χ1) is 10.8. The van der Waals surface area contributed by atoms with Crippen molar-refractivity contribution in [1.82, 2.24) is 14.8 Å². The number of carbonyl (C=O) groups is 2. The quantitative estimate of drug-likeness (QED) is 0.906. The van der Waals surface area contributed by atoms with Crippen molar-refractivity contribution in [3.05, 3.63) is 33.7 Å². The molecule has 1 N–H and O–H groups in total. The molecule has 0 saturated carbocycles. The van der Waals surface area contributed by atoms with Gasteiger partial charge in [0.2, 0.25) is 5.91 Å². The van der Waals surface area contributed by atoms with Crippen molar-refractivity contribution in [3.63, 3.8) is 0 Å². The van der Waals surface area contributed by atoms with Gasteiger partial charge in [0, 0.05) is 45.1 Å². The lowest BCUT2D eigenvalue weighted by atomic mass is 9.75. The fourth-order valence-corrected chi connectivity index (χ4v) is 3.20. The molecular formula is C17H25N3O3. The summed E-state index contributed by atoms with van der Waals surface area (Å²) < 4.78 is 1.78. The lowest BCUT2D eigenvalue weighted by molar-refractivity contribution is -0.133. The van der Waals surface area contributed by atoms with Crippen molar-refractivity contribution in [2.75, 3.05) is 20.1 Å². The Kier molecular flexibility index (Phi) is 4.92. The zero-order chi connectivity index (χ0) is 17.2. The summed E-state index contributed by atoms with van der Waals surface area (Å²) in [4.78, 5) is 38.5. The number of hydrogen-bond donors (Lipinski definition) is 1. The molecule has 126 valence electrons. The number of amides is 2. The Hall–Kier alpha value is -2.11. The summed E-state index contributed by atoms with van der Waals surface area (Å²) in [5.74, 6) is -0.203. The molecule has 0 aliphatic carbocycles. The molecule has 23 heavy (non-hydrogen) atoms. The van der Waals surface area contributed by atoms with Crippen molar-refractivity contribution in [2.45, 2.75) is 33.1 Å². The molecule has 6 heteroatoms. The second-order valence-electron chi connectivity index (χ2n) is 6.31. The molecule has 6 nitrogen and oxygen atoms in total. The molecule has 0 spiro atoms. The molecule has 0 radical (unpaired) electrons. The van der Waals surface area contributed by atoms with E-state index in [1.807, 2.05) is 20.9 Å². The minimum atomic E-state index is -0.399. The zero-order valence-electron chi connectivity index (χ0n) is 14.3. The molecule has 2 rings (SSSR count). The van der Waals surface area contributed by atoms with E-state index in [1.54, 1.807) is 22.7 Å². The number of aromatic nitrogens is 1. The third-order valence-electron chi connectivity index (χ3n) is 5.11. The first kappa shape index (κ1) is 17.2. The van der Waals surface area contributed by atoms with Crippen molar-refractivity contribution in [3.8, 4) is 0 Å². The Morgan fingerprint density at radius 3 is 2.43 bits per heavy atom. The standard InChI is InChI=1S/C17H25N3O3/c1-5-17(16(23)18-3)6-8-20(9-7-17)15(22)13-11-19(4)12(2)10-14(13)21/h10-11H,5-9H2,1-4H3,(H,18,23).